The van der Waals surface area contributed by atoms with Crippen molar-refractivity contribution in [3.8, 4) is 0 Å². The van der Waals surface area contributed by atoms with Crippen LogP contribution in [-0.4, -0.2) is 23.1 Å². The van der Waals surface area contributed by atoms with Crippen LogP contribution in [0.5, 0.6) is 0 Å². The summed E-state index contributed by atoms with van der Waals surface area (Å²) in [5.41, 5.74) is 8.01. The van der Waals surface area contributed by atoms with E-state index in [1.54, 1.807) is 6.33 Å². The maximum absolute atomic E-state index is 5.48. The summed E-state index contributed by atoms with van der Waals surface area (Å²) in [6.07, 6.45) is 7.64. The maximum atomic E-state index is 5.48. The fourth-order valence-electron chi connectivity index (χ4n) is 2.04. The van der Waals surface area contributed by atoms with Crippen LogP contribution < -0.4 is 11.1 Å². The predicted molar refractivity (Wildman–Crippen MR) is 60.8 cm³/mol. The first-order valence-corrected chi connectivity index (χ1v) is 5.68. The van der Waals surface area contributed by atoms with Crippen LogP contribution in [0.25, 0.3) is 0 Å². The van der Waals surface area contributed by atoms with Crippen molar-refractivity contribution in [2.24, 2.45) is 5.73 Å². The molecule has 0 saturated heterocycles. The van der Waals surface area contributed by atoms with Gasteiger partial charge in [-0.25, -0.2) is 9.97 Å². The van der Waals surface area contributed by atoms with Crippen LogP contribution in [0.3, 0.4) is 0 Å². The van der Waals surface area contributed by atoms with Gasteiger partial charge in [0.25, 0.3) is 0 Å². The second kappa shape index (κ2) is 5.07. The van der Waals surface area contributed by atoms with E-state index in [0.29, 0.717) is 6.54 Å². The number of rotatable bonds is 3. The number of anilines is 1. The van der Waals surface area contributed by atoms with Crippen molar-refractivity contribution < 1.29 is 0 Å². The molecule has 0 spiro atoms. The Labute approximate surface area is 90.3 Å². The Bertz CT molecular complexity index is 324. The monoisotopic (exact) mass is 206 g/mol. The van der Waals surface area contributed by atoms with Crippen LogP contribution in [0.1, 0.15) is 30.5 Å². The van der Waals surface area contributed by atoms with Crippen molar-refractivity contribution in [3.63, 3.8) is 0 Å². The molecule has 0 unspecified atom stereocenters. The quantitative estimate of drug-likeness (QED) is 0.727. The smallest absolute Gasteiger partial charge is 0.132 e. The number of nitrogens with zero attached hydrogens (tertiary/aromatic N) is 2. The number of aryl methyl sites for hydroxylation is 1. The Balaban J connectivity index is 2.22. The second-order valence-corrected chi connectivity index (χ2v) is 3.92. The number of nitrogens with two attached hydrogens (primary N) is 1. The van der Waals surface area contributed by atoms with Gasteiger partial charge in [0, 0.05) is 24.3 Å². The minimum Gasteiger partial charge on any atom is -0.368 e. The molecule has 1 heterocycles. The average Bonchev–Trinajstić information content (AvgIpc) is 2.51. The van der Waals surface area contributed by atoms with E-state index in [2.05, 4.69) is 15.3 Å². The van der Waals surface area contributed by atoms with Gasteiger partial charge in [-0.3, -0.25) is 0 Å². The van der Waals surface area contributed by atoms with Crippen molar-refractivity contribution in [2.75, 3.05) is 18.4 Å². The standard InChI is InChI=1S/C11H18N4/c12-6-7-13-11-9-4-2-1-3-5-10(9)14-8-15-11/h8H,1-7,12H2,(H,13,14,15). The third-order valence-corrected chi connectivity index (χ3v) is 2.81. The minimum absolute atomic E-state index is 0.638. The molecule has 0 bridgehead atoms. The van der Waals surface area contributed by atoms with E-state index in [-0.39, 0.29) is 0 Å². The van der Waals surface area contributed by atoms with E-state index in [0.717, 1.165) is 25.2 Å². The molecule has 0 radical (unpaired) electrons. The fraction of sp³-hybridized carbons (Fsp3) is 0.636. The van der Waals surface area contributed by atoms with Crippen LogP contribution in [0, 0.1) is 0 Å². The van der Waals surface area contributed by atoms with E-state index < -0.39 is 0 Å². The van der Waals surface area contributed by atoms with Gasteiger partial charge in [-0.2, -0.15) is 0 Å². The molecule has 15 heavy (non-hydrogen) atoms. The highest BCUT2D eigenvalue weighted by molar-refractivity contribution is 5.46. The average molecular weight is 206 g/mol. The Hall–Kier alpha value is -1.16. The number of aromatic nitrogens is 2. The van der Waals surface area contributed by atoms with E-state index in [1.807, 2.05) is 0 Å². The van der Waals surface area contributed by atoms with Gasteiger partial charge in [0.05, 0.1) is 0 Å². The number of hydrogen-bond donors (Lipinski definition) is 2. The molecule has 0 saturated carbocycles. The predicted octanol–water partition coefficient (Wildman–Crippen LogP) is 1.12. The number of nitrogens with one attached hydrogen (secondary N) is 1. The van der Waals surface area contributed by atoms with Gasteiger partial charge in [-0.05, 0) is 25.7 Å². The summed E-state index contributed by atoms with van der Waals surface area (Å²) >= 11 is 0. The lowest BCUT2D eigenvalue weighted by Gasteiger charge is -2.11. The lowest BCUT2D eigenvalue weighted by Crippen LogP contribution is -2.16. The lowest BCUT2D eigenvalue weighted by molar-refractivity contribution is 0.709. The molecule has 4 heteroatoms. The maximum Gasteiger partial charge on any atom is 0.132 e. The zero-order valence-electron chi connectivity index (χ0n) is 9.00. The van der Waals surface area contributed by atoms with Crippen molar-refractivity contribution in [2.45, 2.75) is 32.1 Å². The van der Waals surface area contributed by atoms with E-state index >= 15 is 0 Å². The largest absolute Gasteiger partial charge is 0.368 e. The summed E-state index contributed by atoms with van der Waals surface area (Å²) in [5, 5.41) is 3.27. The zero-order valence-corrected chi connectivity index (χ0v) is 9.00. The molecule has 0 amide bonds. The molecule has 0 fully saturated rings. The molecule has 0 aromatic carbocycles. The molecule has 1 aromatic rings. The third-order valence-electron chi connectivity index (χ3n) is 2.81. The molecule has 1 aliphatic rings. The highest BCUT2D eigenvalue weighted by atomic mass is 15.0. The van der Waals surface area contributed by atoms with Gasteiger partial charge in [-0.15, -0.1) is 0 Å². The molecular weight excluding hydrogens is 188 g/mol. The van der Waals surface area contributed by atoms with E-state index in [1.165, 1.54) is 30.5 Å². The third kappa shape index (κ3) is 2.45. The van der Waals surface area contributed by atoms with E-state index in [9.17, 15) is 0 Å². The van der Waals surface area contributed by atoms with Crippen LogP contribution in [0.15, 0.2) is 6.33 Å². The van der Waals surface area contributed by atoms with Crippen LogP contribution in [0.2, 0.25) is 0 Å². The number of hydrogen-bond acceptors (Lipinski definition) is 4. The summed E-state index contributed by atoms with van der Waals surface area (Å²) in [6, 6.07) is 0. The summed E-state index contributed by atoms with van der Waals surface area (Å²) in [7, 11) is 0. The van der Waals surface area contributed by atoms with Crippen molar-refractivity contribution in [3.05, 3.63) is 17.6 Å². The molecular formula is C11H18N4. The molecule has 1 aromatic heterocycles. The van der Waals surface area contributed by atoms with Crippen molar-refractivity contribution in [1.29, 1.82) is 0 Å². The highest BCUT2D eigenvalue weighted by Gasteiger charge is 2.13. The first kappa shape index (κ1) is 10.4. The van der Waals surface area contributed by atoms with Crippen LogP contribution >= 0.6 is 0 Å². The number of fused-ring (bicyclic) bond motifs is 1. The fourth-order valence-corrected chi connectivity index (χ4v) is 2.04. The molecule has 1 aliphatic carbocycles. The summed E-state index contributed by atoms with van der Waals surface area (Å²) < 4.78 is 0. The molecule has 0 atom stereocenters. The van der Waals surface area contributed by atoms with Crippen LogP contribution in [-0.2, 0) is 12.8 Å². The Morgan fingerprint density at radius 3 is 2.93 bits per heavy atom. The summed E-state index contributed by atoms with van der Waals surface area (Å²) in [4.78, 5) is 8.66. The van der Waals surface area contributed by atoms with Gasteiger partial charge in [-0.1, -0.05) is 6.42 Å². The van der Waals surface area contributed by atoms with Crippen LogP contribution in [0.4, 0.5) is 5.82 Å². The molecule has 3 N–H and O–H groups in total. The highest BCUT2D eigenvalue weighted by Crippen LogP contribution is 2.23. The Morgan fingerprint density at radius 1 is 1.20 bits per heavy atom. The Morgan fingerprint density at radius 2 is 2.07 bits per heavy atom. The van der Waals surface area contributed by atoms with Gasteiger partial charge >= 0.3 is 0 Å². The van der Waals surface area contributed by atoms with E-state index in [4.69, 9.17) is 5.73 Å². The van der Waals surface area contributed by atoms with Gasteiger partial charge < -0.3 is 11.1 Å². The van der Waals surface area contributed by atoms with Crippen molar-refractivity contribution in [1.82, 2.24) is 9.97 Å². The first-order valence-electron chi connectivity index (χ1n) is 5.68. The van der Waals surface area contributed by atoms with Gasteiger partial charge in [0.15, 0.2) is 0 Å². The Kier molecular flexibility index (Phi) is 3.50. The normalized spacial score (nSPS) is 15.5. The SMILES string of the molecule is NCCNc1ncnc2c1CCCCC2. The zero-order chi connectivity index (χ0) is 10.5. The molecule has 4 nitrogen and oxygen atoms in total. The summed E-state index contributed by atoms with van der Waals surface area (Å²) in [6.45, 7) is 1.42. The van der Waals surface area contributed by atoms with Crippen molar-refractivity contribution >= 4 is 5.82 Å². The first-order chi connectivity index (χ1) is 7.42. The molecule has 0 aliphatic heterocycles. The summed E-state index contributed by atoms with van der Waals surface area (Å²) in [5.74, 6) is 0.993. The van der Waals surface area contributed by atoms with Gasteiger partial charge in [0.2, 0.25) is 0 Å². The topological polar surface area (TPSA) is 63.8 Å². The van der Waals surface area contributed by atoms with Gasteiger partial charge in [0.1, 0.15) is 12.1 Å². The molecule has 2 rings (SSSR count). The molecule has 82 valence electrons. The minimum atomic E-state index is 0.638. The second-order valence-electron chi connectivity index (χ2n) is 3.92. The lowest BCUT2D eigenvalue weighted by atomic mass is 10.1.